The van der Waals surface area contributed by atoms with Gasteiger partial charge in [-0.15, -0.1) is 0 Å². The SMILES string of the molecule is O=C(COc1ccc2occ(-c3ccsc3)c2c1)N[C@H]1CCS(=O)(=O)C1. The molecule has 3 heterocycles. The van der Waals surface area contributed by atoms with Gasteiger partial charge in [-0.3, -0.25) is 4.79 Å². The van der Waals surface area contributed by atoms with Crippen molar-refractivity contribution in [1.29, 1.82) is 0 Å². The molecule has 3 aromatic rings. The Bertz CT molecular complexity index is 1040. The standard InChI is InChI=1S/C18H17NO5S2/c20-18(19-13-4-6-26(21,22)11-13)9-23-14-1-2-17-15(7-14)16(8-24-17)12-3-5-25-10-12/h1-3,5,7-8,10,13H,4,6,9,11H2,(H,19,20)/t13-/m0/s1. The molecular weight excluding hydrogens is 374 g/mol. The van der Waals surface area contributed by atoms with E-state index < -0.39 is 9.84 Å². The summed E-state index contributed by atoms with van der Waals surface area (Å²) in [7, 11) is -3.02. The molecule has 1 aromatic carbocycles. The van der Waals surface area contributed by atoms with Crippen LogP contribution in [0.1, 0.15) is 6.42 Å². The van der Waals surface area contributed by atoms with Gasteiger partial charge in [-0.05, 0) is 47.0 Å². The number of rotatable bonds is 5. The highest BCUT2D eigenvalue weighted by atomic mass is 32.2. The molecule has 1 aliphatic rings. The predicted octanol–water partition coefficient (Wildman–Crippen LogP) is 2.84. The van der Waals surface area contributed by atoms with E-state index in [1.807, 2.05) is 29.0 Å². The molecule has 6 nitrogen and oxygen atoms in total. The Morgan fingerprint density at radius 2 is 2.23 bits per heavy atom. The average molecular weight is 391 g/mol. The van der Waals surface area contributed by atoms with E-state index in [4.69, 9.17) is 9.15 Å². The fourth-order valence-electron chi connectivity index (χ4n) is 3.07. The van der Waals surface area contributed by atoms with Gasteiger partial charge in [-0.1, -0.05) is 0 Å². The van der Waals surface area contributed by atoms with Crippen LogP contribution in [0.5, 0.6) is 5.75 Å². The van der Waals surface area contributed by atoms with E-state index >= 15 is 0 Å². The van der Waals surface area contributed by atoms with Gasteiger partial charge in [0.2, 0.25) is 0 Å². The zero-order valence-corrected chi connectivity index (χ0v) is 15.4. The average Bonchev–Trinajstić information content (AvgIpc) is 3.32. The van der Waals surface area contributed by atoms with Crippen molar-refractivity contribution in [3.63, 3.8) is 0 Å². The third-order valence-electron chi connectivity index (χ3n) is 4.34. The van der Waals surface area contributed by atoms with Gasteiger partial charge < -0.3 is 14.5 Å². The number of benzene rings is 1. The van der Waals surface area contributed by atoms with Gasteiger partial charge in [0, 0.05) is 17.0 Å². The van der Waals surface area contributed by atoms with Crippen LogP contribution in [0, 0.1) is 0 Å². The van der Waals surface area contributed by atoms with Crippen molar-refractivity contribution < 1.29 is 22.4 Å². The number of furan rings is 1. The second kappa shape index (κ2) is 6.77. The van der Waals surface area contributed by atoms with E-state index in [-0.39, 0.29) is 30.1 Å². The predicted molar refractivity (Wildman–Crippen MR) is 100 cm³/mol. The van der Waals surface area contributed by atoms with E-state index in [1.165, 1.54) is 0 Å². The maximum atomic E-state index is 12.0. The van der Waals surface area contributed by atoms with Crippen LogP contribution < -0.4 is 10.1 Å². The Labute approximate surface area is 154 Å². The maximum Gasteiger partial charge on any atom is 0.258 e. The van der Waals surface area contributed by atoms with Crippen molar-refractivity contribution in [3.05, 3.63) is 41.3 Å². The molecule has 1 atom stereocenters. The summed E-state index contributed by atoms with van der Waals surface area (Å²) in [6, 6.07) is 7.10. The summed E-state index contributed by atoms with van der Waals surface area (Å²) in [5.74, 6) is 0.368. The molecule has 0 spiro atoms. The molecule has 136 valence electrons. The lowest BCUT2D eigenvalue weighted by Gasteiger charge is -2.11. The summed E-state index contributed by atoms with van der Waals surface area (Å²) >= 11 is 1.61. The van der Waals surface area contributed by atoms with Crippen LogP contribution >= 0.6 is 11.3 Å². The minimum Gasteiger partial charge on any atom is -0.484 e. The van der Waals surface area contributed by atoms with Crippen molar-refractivity contribution in [1.82, 2.24) is 5.32 Å². The van der Waals surface area contributed by atoms with Gasteiger partial charge in [0.25, 0.3) is 5.91 Å². The van der Waals surface area contributed by atoms with Gasteiger partial charge in [0.15, 0.2) is 16.4 Å². The quantitative estimate of drug-likeness (QED) is 0.723. The van der Waals surface area contributed by atoms with Crippen LogP contribution in [0.3, 0.4) is 0 Å². The molecule has 4 rings (SSSR count). The van der Waals surface area contributed by atoms with Crippen molar-refractivity contribution in [2.24, 2.45) is 0 Å². The fourth-order valence-corrected chi connectivity index (χ4v) is 5.40. The van der Waals surface area contributed by atoms with Gasteiger partial charge in [0.1, 0.15) is 11.3 Å². The topological polar surface area (TPSA) is 85.6 Å². The van der Waals surface area contributed by atoms with E-state index in [0.29, 0.717) is 12.2 Å². The lowest BCUT2D eigenvalue weighted by molar-refractivity contribution is -0.123. The van der Waals surface area contributed by atoms with Crippen LogP contribution in [0.2, 0.25) is 0 Å². The third kappa shape index (κ3) is 3.61. The van der Waals surface area contributed by atoms with Gasteiger partial charge >= 0.3 is 0 Å². The number of fused-ring (bicyclic) bond motifs is 1. The van der Waals surface area contributed by atoms with Crippen molar-refractivity contribution in [2.45, 2.75) is 12.5 Å². The Kier molecular flexibility index (Phi) is 4.46. The molecular formula is C18H17NO5S2. The number of hydrogen-bond acceptors (Lipinski definition) is 6. The third-order valence-corrected chi connectivity index (χ3v) is 6.80. The molecule has 0 aliphatic carbocycles. The fraction of sp³-hybridized carbons (Fsp3) is 0.278. The van der Waals surface area contributed by atoms with Crippen molar-refractivity contribution >= 4 is 38.1 Å². The molecule has 2 aromatic heterocycles. The summed E-state index contributed by atoms with van der Waals surface area (Å²) in [6.07, 6.45) is 2.17. The van der Waals surface area contributed by atoms with E-state index in [1.54, 1.807) is 23.7 Å². The van der Waals surface area contributed by atoms with Gasteiger partial charge in [-0.2, -0.15) is 11.3 Å². The van der Waals surface area contributed by atoms with Crippen LogP contribution in [-0.2, 0) is 14.6 Å². The smallest absolute Gasteiger partial charge is 0.258 e. The number of amides is 1. The summed E-state index contributed by atoms with van der Waals surface area (Å²) in [4.78, 5) is 12.0. The number of thiophene rings is 1. The first-order valence-electron chi connectivity index (χ1n) is 8.16. The number of carbonyl (C=O) groups excluding carboxylic acids is 1. The lowest BCUT2D eigenvalue weighted by atomic mass is 10.1. The minimum absolute atomic E-state index is 0.00369. The summed E-state index contributed by atoms with van der Waals surface area (Å²) in [6.45, 7) is -0.159. The molecule has 1 aliphatic heterocycles. The first-order chi connectivity index (χ1) is 12.5. The molecule has 1 fully saturated rings. The second-order valence-corrected chi connectivity index (χ2v) is 9.28. The molecule has 1 saturated heterocycles. The molecule has 26 heavy (non-hydrogen) atoms. The highest BCUT2D eigenvalue weighted by Gasteiger charge is 2.28. The Hall–Kier alpha value is -2.32. The van der Waals surface area contributed by atoms with E-state index in [2.05, 4.69) is 5.32 Å². The Balaban J connectivity index is 1.43. The zero-order valence-electron chi connectivity index (χ0n) is 13.8. The van der Waals surface area contributed by atoms with Crippen LogP contribution in [0.15, 0.2) is 45.7 Å². The van der Waals surface area contributed by atoms with Crippen LogP contribution in [0.25, 0.3) is 22.1 Å². The number of hydrogen-bond donors (Lipinski definition) is 1. The van der Waals surface area contributed by atoms with Crippen LogP contribution in [-0.4, -0.2) is 38.5 Å². The molecule has 0 unspecified atom stereocenters. The number of ether oxygens (including phenoxy) is 1. The Morgan fingerprint density at radius 3 is 2.96 bits per heavy atom. The summed E-state index contributed by atoms with van der Waals surface area (Å²) in [5, 5.41) is 7.67. The summed E-state index contributed by atoms with van der Waals surface area (Å²) in [5.41, 5.74) is 2.80. The highest BCUT2D eigenvalue weighted by molar-refractivity contribution is 7.91. The molecule has 0 bridgehead atoms. The molecule has 8 heteroatoms. The van der Waals surface area contributed by atoms with Crippen molar-refractivity contribution in [2.75, 3.05) is 18.1 Å². The number of carbonyl (C=O) groups is 1. The Morgan fingerprint density at radius 1 is 1.35 bits per heavy atom. The zero-order chi connectivity index (χ0) is 18.1. The van der Waals surface area contributed by atoms with Crippen LogP contribution in [0.4, 0.5) is 0 Å². The molecule has 0 saturated carbocycles. The molecule has 1 N–H and O–H groups in total. The lowest BCUT2D eigenvalue weighted by Crippen LogP contribution is -2.38. The normalized spacial score (nSPS) is 18.8. The monoisotopic (exact) mass is 391 g/mol. The minimum atomic E-state index is -3.02. The van der Waals surface area contributed by atoms with Gasteiger partial charge in [-0.25, -0.2) is 8.42 Å². The second-order valence-electron chi connectivity index (χ2n) is 6.28. The number of sulfone groups is 1. The van der Waals surface area contributed by atoms with Gasteiger partial charge in [0.05, 0.1) is 17.8 Å². The highest BCUT2D eigenvalue weighted by Crippen LogP contribution is 2.34. The maximum absolute atomic E-state index is 12.0. The van der Waals surface area contributed by atoms with E-state index in [9.17, 15) is 13.2 Å². The first-order valence-corrected chi connectivity index (χ1v) is 10.9. The van der Waals surface area contributed by atoms with E-state index in [0.717, 1.165) is 22.1 Å². The van der Waals surface area contributed by atoms with Crippen molar-refractivity contribution in [3.8, 4) is 16.9 Å². The number of nitrogens with one attached hydrogen (secondary N) is 1. The first kappa shape index (κ1) is 17.1. The molecule has 1 amide bonds. The molecule has 0 radical (unpaired) electrons. The summed E-state index contributed by atoms with van der Waals surface area (Å²) < 4.78 is 34.0. The largest absolute Gasteiger partial charge is 0.484 e.